The van der Waals surface area contributed by atoms with Crippen molar-refractivity contribution in [1.29, 1.82) is 0 Å². The van der Waals surface area contributed by atoms with E-state index in [9.17, 15) is 24.8 Å². The van der Waals surface area contributed by atoms with E-state index in [1.165, 1.54) is 24.3 Å². The zero-order valence-corrected chi connectivity index (χ0v) is 20.7. The molecule has 10 heteroatoms. The fraction of sp³-hybridized carbons (Fsp3) is 0.111. The van der Waals surface area contributed by atoms with E-state index < -0.39 is 22.8 Å². The number of para-hydroxylation sites is 1. The Hall–Kier alpha value is -4.14. The van der Waals surface area contributed by atoms with Gasteiger partial charge in [-0.1, -0.05) is 65.7 Å². The van der Waals surface area contributed by atoms with Crippen molar-refractivity contribution in [2.24, 2.45) is 0 Å². The molecule has 1 aromatic heterocycles. The van der Waals surface area contributed by atoms with Crippen LogP contribution < -0.4 is 0 Å². The van der Waals surface area contributed by atoms with Gasteiger partial charge in [-0.15, -0.1) is 0 Å². The standard InChI is InChI=1S/C27H20Cl2N2O6/c28-18-10-12-20(22(29)15-18)26(32)30(24(27(33)34)14-17-6-2-1-3-7-17)16-19-11-13-25(37-19)21-8-4-5-9-23(21)31(35)36/h1-13,15,24H,14,16H2,(H,33,34). The van der Waals surface area contributed by atoms with Crippen molar-refractivity contribution in [3.05, 3.63) is 122 Å². The Bertz CT molecular complexity index is 1450. The van der Waals surface area contributed by atoms with Gasteiger partial charge >= 0.3 is 5.97 Å². The highest BCUT2D eigenvalue weighted by atomic mass is 35.5. The zero-order valence-electron chi connectivity index (χ0n) is 19.2. The monoisotopic (exact) mass is 538 g/mol. The molecular formula is C27H20Cl2N2O6. The Morgan fingerprint density at radius 2 is 1.68 bits per heavy atom. The van der Waals surface area contributed by atoms with Crippen LogP contribution in [0.1, 0.15) is 21.7 Å². The molecule has 4 rings (SSSR count). The third-order valence-electron chi connectivity index (χ3n) is 5.71. The van der Waals surface area contributed by atoms with Crippen molar-refractivity contribution in [3.63, 3.8) is 0 Å². The largest absolute Gasteiger partial charge is 0.480 e. The summed E-state index contributed by atoms with van der Waals surface area (Å²) < 4.78 is 5.86. The van der Waals surface area contributed by atoms with E-state index >= 15 is 0 Å². The number of amides is 1. The smallest absolute Gasteiger partial charge is 0.326 e. The number of aliphatic carboxylic acids is 1. The number of hydrogen-bond donors (Lipinski definition) is 1. The third kappa shape index (κ3) is 5.99. The Kier molecular flexibility index (Phi) is 7.91. The summed E-state index contributed by atoms with van der Waals surface area (Å²) in [5, 5.41) is 22.0. The average Bonchev–Trinajstić information content (AvgIpc) is 3.35. The molecule has 4 aromatic rings. The molecule has 0 fully saturated rings. The second-order valence-corrected chi connectivity index (χ2v) is 8.98. The highest BCUT2D eigenvalue weighted by Crippen LogP contribution is 2.32. The highest BCUT2D eigenvalue weighted by molar-refractivity contribution is 6.36. The van der Waals surface area contributed by atoms with Crippen LogP contribution in [0.25, 0.3) is 11.3 Å². The minimum atomic E-state index is -1.26. The lowest BCUT2D eigenvalue weighted by Crippen LogP contribution is -2.46. The molecule has 1 heterocycles. The number of rotatable bonds is 9. The molecule has 0 aliphatic rings. The number of nitro groups is 1. The summed E-state index contributed by atoms with van der Waals surface area (Å²) in [7, 11) is 0. The minimum absolute atomic E-state index is 0.0326. The Morgan fingerprint density at radius 1 is 0.973 bits per heavy atom. The minimum Gasteiger partial charge on any atom is -0.480 e. The first kappa shape index (κ1) is 25.9. The van der Waals surface area contributed by atoms with Gasteiger partial charge in [-0.2, -0.15) is 0 Å². The summed E-state index contributed by atoms with van der Waals surface area (Å²) in [6.07, 6.45) is 0.0326. The summed E-state index contributed by atoms with van der Waals surface area (Å²) >= 11 is 12.3. The van der Waals surface area contributed by atoms with Crippen LogP contribution in [0.3, 0.4) is 0 Å². The summed E-state index contributed by atoms with van der Waals surface area (Å²) in [5.74, 6) is -1.39. The fourth-order valence-corrected chi connectivity index (χ4v) is 4.42. The van der Waals surface area contributed by atoms with Gasteiger partial charge in [-0.25, -0.2) is 4.79 Å². The molecule has 8 nitrogen and oxygen atoms in total. The summed E-state index contributed by atoms with van der Waals surface area (Å²) in [4.78, 5) is 38.1. The number of carboxylic acids is 1. The Balaban J connectivity index is 1.73. The van der Waals surface area contributed by atoms with E-state index in [0.717, 1.165) is 10.5 Å². The van der Waals surface area contributed by atoms with Gasteiger partial charge in [0.25, 0.3) is 11.6 Å². The van der Waals surface area contributed by atoms with Crippen molar-refractivity contribution >= 4 is 40.8 Å². The maximum atomic E-state index is 13.6. The first-order valence-electron chi connectivity index (χ1n) is 11.1. The lowest BCUT2D eigenvalue weighted by molar-refractivity contribution is -0.384. The van der Waals surface area contributed by atoms with E-state index in [-0.39, 0.29) is 46.3 Å². The number of nitro benzene ring substituents is 1. The molecule has 1 unspecified atom stereocenters. The molecule has 1 N–H and O–H groups in total. The molecule has 0 saturated carbocycles. The second-order valence-electron chi connectivity index (χ2n) is 8.14. The number of nitrogens with zero attached hydrogens (tertiary/aromatic N) is 2. The molecule has 37 heavy (non-hydrogen) atoms. The van der Waals surface area contributed by atoms with Crippen LogP contribution in [-0.2, 0) is 17.8 Å². The molecule has 3 aromatic carbocycles. The van der Waals surface area contributed by atoms with Gasteiger partial charge in [0, 0.05) is 17.5 Å². The van der Waals surface area contributed by atoms with Gasteiger partial charge < -0.3 is 14.4 Å². The summed E-state index contributed by atoms with van der Waals surface area (Å²) in [6.45, 7) is -0.220. The number of halogens is 2. The summed E-state index contributed by atoms with van der Waals surface area (Å²) in [5.41, 5.74) is 0.916. The number of hydrogen-bond acceptors (Lipinski definition) is 5. The second kappa shape index (κ2) is 11.3. The zero-order chi connectivity index (χ0) is 26.5. The molecule has 0 saturated heterocycles. The molecule has 0 radical (unpaired) electrons. The van der Waals surface area contributed by atoms with Gasteiger partial charge in [-0.3, -0.25) is 14.9 Å². The normalized spacial score (nSPS) is 11.6. The van der Waals surface area contributed by atoms with Crippen molar-refractivity contribution in [2.75, 3.05) is 0 Å². The van der Waals surface area contributed by atoms with Crippen molar-refractivity contribution in [2.45, 2.75) is 19.0 Å². The van der Waals surface area contributed by atoms with Gasteiger partial charge in [-0.05, 0) is 42.0 Å². The van der Waals surface area contributed by atoms with E-state index in [1.807, 2.05) is 6.07 Å². The molecule has 0 aliphatic heterocycles. The van der Waals surface area contributed by atoms with Crippen LogP contribution in [0.15, 0.2) is 89.3 Å². The van der Waals surface area contributed by atoms with Crippen molar-refractivity contribution < 1.29 is 24.0 Å². The van der Waals surface area contributed by atoms with Gasteiger partial charge in [0.15, 0.2) is 0 Å². The molecule has 0 bridgehead atoms. The first-order chi connectivity index (χ1) is 17.7. The number of benzene rings is 3. The maximum Gasteiger partial charge on any atom is 0.326 e. The highest BCUT2D eigenvalue weighted by Gasteiger charge is 2.32. The van der Waals surface area contributed by atoms with Crippen LogP contribution in [0.2, 0.25) is 10.0 Å². The molecule has 1 amide bonds. The van der Waals surface area contributed by atoms with Gasteiger partial charge in [0.2, 0.25) is 0 Å². The number of carbonyl (C=O) groups excluding carboxylic acids is 1. The predicted octanol–water partition coefficient (Wildman–Crippen LogP) is 6.50. The predicted molar refractivity (Wildman–Crippen MR) is 139 cm³/mol. The Morgan fingerprint density at radius 3 is 2.35 bits per heavy atom. The maximum absolute atomic E-state index is 13.6. The SMILES string of the molecule is O=C(O)C(Cc1ccccc1)N(Cc1ccc(-c2ccccc2[N+](=O)[O-])o1)C(=O)c1ccc(Cl)cc1Cl. The summed E-state index contributed by atoms with van der Waals surface area (Å²) in [6, 6.07) is 21.2. The van der Waals surface area contributed by atoms with E-state index in [1.54, 1.807) is 54.6 Å². The number of furan rings is 1. The molecule has 0 aliphatic carbocycles. The van der Waals surface area contributed by atoms with Crippen molar-refractivity contribution in [3.8, 4) is 11.3 Å². The average molecular weight is 539 g/mol. The van der Waals surface area contributed by atoms with Crippen LogP contribution in [0.5, 0.6) is 0 Å². The molecule has 0 spiro atoms. The van der Waals surface area contributed by atoms with Gasteiger partial charge in [0.1, 0.15) is 17.6 Å². The van der Waals surface area contributed by atoms with Crippen LogP contribution in [0, 0.1) is 10.1 Å². The van der Waals surface area contributed by atoms with Gasteiger partial charge in [0.05, 0.1) is 27.6 Å². The number of carboxylic acid groups (broad SMARTS) is 1. The van der Waals surface area contributed by atoms with Crippen LogP contribution in [0.4, 0.5) is 5.69 Å². The fourth-order valence-electron chi connectivity index (χ4n) is 3.93. The molecule has 1 atom stereocenters. The lowest BCUT2D eigenvalue weighted by Gasteiger charge is -2.29. The lowest BCUT2D eigenvalue weighted by atomic mass is 10.0. The number of carbonyl (C=O) groups is 2. The van der Waals surface area contributed by atoms with Crippen LogP contribution in [-0.4, -0.2) is 32.8 Å². The molecular weight excluding hydrogens is 519 g/mol. The van der Waals surface area contributed by atoms with Crippen molar-refractivity contribution in [1.82, 2.24) is 4.90 Å². The topological polar surface area (TPSA) is 114 Å². The first-order valence-corrected chi connectivity index (χ1v) is 11.9. The third-order valence-corrected chi connectivity index (χ3v) is 6.26. The molecule has 188 valence electrons. The van der Waals surface area contributed by atoms with Crippen LogP contribution >= 0.6 is 23.2 Å². The quantitative estimate of drug-likeness (QED) is 0.192. The van der Waals surface area contributed by atoms with E-state index in [2.05, 4.69) is 0 Å². The van der Waals surface area contributed by atoms with E-state index in [0.29, 0.717) is 5.02 Å². The Labute approximate surface area is 221 Å². The van der Waals surface area contributed by atoms with E-state index in [4.69, 9.17) is 27.6 Å².